The summed E-state index contributed by atoms with van der Waals surface area (Å²) in [6.45, 7) is 21.0. The average molecular weight is 385 g/mol. The van der Waals surface area contributed by atoms with Crippen molar-refractivity contribution in [2.75, 3.05) is 6.61 Å². The zero-order valence-corrected chi connectivity index (χ0v) is 19.8. The fourth-order valence-electron chi connectivity index (χ4n) is 6.16. The predicted octanol–water partition coefficient (Wildman–Crippen LogP) is 5.36. The van der Waals surface area contributed by atoms with E-state index in [4.69, 9.17) is 4.43 Å². The van der Waals surface area contributed by atoms with Gasteiger partial charge in [0, 0.05) is 13.0 Å². The van der Waals surface area contributed by atoms with Gasteiger partial charge in [0.1, 0.15) is 0 Å². The molecule has 2 fully saturated rings. The summed E-state index contributed by atoms with van der Waals surface area (Å²) < 4.78 is 6.46. The van der Waals surface area contributed by atoms with Crippen LogP contribution in [-0.2, 0) is 4.43 Å². The molecule has 2 rings (SSSR count). The van der Waals surface area contributed by atoms with Crippen LogP contribution in [0.1, 0.15) is 80.6 Å². The lowest BCUT2D eigenvalue weighted by Gasteiger charge is -2.63. The maximum absolute atomic E-state index is 11.3. The van der Waals surface area contributed by atoms with Crippen molar-refractivity contribution in [3.05, 3.63) is 0 Å². The molecular weight excluding hydrogens is 340 g/mol. The molecule has 2 N–H and O–H groups in total. The number of aliphatic hydroxyl groups is 2. The average Bonchev–Trinajstić information content (AvgIpc) is 2.38. The van der Waals surface area contributed by atoms with Gasteiger partial charge in [-0.3, -0.25) is 0 Å². The van der Waals surface area contributed by atoms with E-state index in [0.29, 0.717) is 6.42 Å². The number of hydrogen-bond donors (Lipinski definition) is 2. The zero-order chi connectivity index (χ0) is 20.2. The summed E-state index contributed by atoms with van der Waals surface area (Å²) >= 11 is 0. The van der Waals surface area contributed by atoms with Crippen LogP contribution in [0.4, 0.5) is 0 Å². The molecule has 0 aliphatic heterocycles. The van der Waals surface area contributed by atoms with Crippen molar-refractivity contribution in [3.8, 4) is 0 Å². The lowest BCUT2D eigenvalue weighted by Crippen LogP contribution is -2.63. The summed E-state index contributed by atoms with van der Waals surface area (Å²) in [5.41, 5.74) is -0.726. The summed E-state index contributed by atoms with van der Waals surface area (Å²) in [7, 11) is -1.78. The van der Waals surface area contributed by atoms with Gasteiger partial charge in [-0.05, 0) is 67.0 Å². The van der Waals surface area contributed by atoms with Crippen molar-refractivity contribution in [3.63, 3.8) is 0 Å². The summed E-state index contributed by atoms with van der Waals surface area (Å²) in [5.74, 6) is 0.426. The molecule has 0 bridgehead atoms. The van der Waals surface area contributed by atoms with Gasteiger partial charge in [-0.25, -0.2) is 0 Å². The van der Waals surface area contributed by atoms with Crippen LogP contribution in [0.15, 0.2) is 0 Å². The van der Waals surface area contributed by atoms with Gasteiger partial charge < -0.3 is 14.6 Å². The predicted molar refractivity (Wildman–Crippen MR) is 112 cm³/mol. The van der Waals surface area contributed by atoms with Crippen LogP contribution in [0, 0.1) is 22.7 Å². The zero-order valence-electron chi connectivity index (χ0n) is 18.8. The molecule has 26 heavy (non-hydrogen) atoms. The van der Waals surface area contributed by atoms with Gasteiger partial charge in [0.2, 0.25) is 0 Å². The molecule has 0 aromatic rings. The van der Waals surface area contributed by atoms with Gasteiger partial charge in [0.05, 0.1) is 11.7 Å². The largest absolute Gasteiger partial charge is 0.417 e. The van der Waals surface area contributed by atoms with Gasteiger partial charge >= 0.3 is 0 Å². The van der Waals surface area contributed by atoms with Gasteiger partial charge in [-0.1, -0.05) is 48.0 Å². The standard InChI is InChI=1S/C22H44O3Si/c1-19(2,3)26(8,9)25-14-11-17-21(6)13-10-12-20(4,5)18(21)16(23)15-22(17,7)24/h16-18,23-24H,10-15H2,1-9H3/t16-,17+,18-,21+,22+/m0/s1. The second-order valence-corrected chi connectivity index (χ2v) is 16.7. The van der Waals surface area contributed by atoms with E-state index >= 15 is 0 Å². The van der Waals surface area contributed by atoms with Crippen molar-refractivity contribution in [1.29, 1.82) is 0 Å². The molecule has 2 aliphatic carbocycles. The van der Waals surface area contributed by atoms with Crippen molar-refractivity contribution in [2.24, 2.45) is 22.7 Å². The van der Waals surface area contributed by atoms with Crippen LogP contribution < -0.4 is 0 Å². The Morgan fingerprint density at radius 3 is 2.19 bits per heavy atom. The summed E-state index contributed by atoms with van der Waals surface area (Å²) in [6, 6.07) is 0. The van der Waals surface area contributed by atoms with Crippen molar-refractivity contribution in [1.82, 2.24) is 0 Å². The molecule has 0 radical (unpaired) electrons. The van der Waals surface area contributed by atoms with E-state index in [-0.39, 0.29) is 27.7 Å². The highest BCUT2D eigenvalue weighted by Gasteiger charge is 2.61. The molecule has 154 valence electrons. The Morgan fingerprint density at radius 2 is 1.65 bits per heavy atom. The summed E-state index contributed by atoms with van der Waals surface area (Å²) in [4.78, 5) is 0. The fraction of sp³-hybridized carbons (Fsp3) is 1.00. The lowest BCUT2D eigenvalue weighted by molar-refractivity contribution is -0.215. The van der Waals surface area contributed by atoms with E-state index in [0.717, 1.165) is 19.4 Å². The molecule has 2 saturated carbocycles. The van der Waals surface area contributed by atoms with Crippen LogP contribution in [0.5, 0.6) is 0 Å². The lowest BCUT2D eigenvalue weighted by atomic mass is 9.44. The van der Waals surface area contributed by atoms with E-state index in [1.54, 1.807) is 0 Å². The molecule has 2 aliphatic rings. The molecule has 0 unspecified atom stereocenters. The van der Waals surface area contributed by atoms with Crippen LogP contribution in [0.3, 0.4) is 0 Å². The quantitative estimate of drug-likeness (QED) is 0.641. The Kier molecular flexibility index (Phi) is 5.90. The number of hydrogen-bond acceptors (Lipinski definition) is 3. The van der Waals surface area contributed by atoms with Crippen LogP contribution in [-0.4, -0.2) is 36.8 Å². The summed E-state index contributed by atoms with van der Waals surface area (Å²) in [6.07, 6.45) is 4.40. The Morgan fingerprint density at radius 1 is 1.08 bits per heavy atom. The molecule has 5 atom stereocenters. The molecule has 0 aromatic carbocycles. The van der Waals surface area contributed by atoms with E-state index in [9.17, 15) is 10.2 Å². The number of rotatable bonds is 4. The van der Waals surface area contributed by atoms with Crippen LogP contribution in [0.2, 0.25) is 18.1 Å². The first kappa shape index (κ1) is 22.4. The first-order valence-corrected chi connectivity index (χ1v) is 13.5. The van der Waals surface area contributed by atoms with Crippen LogP contribution >= 0.6 is 0 Å². The molecule has 0 aromatic heterocycles. The molecule has 0 heterocycles. The van der Waals surface area contributed by atoms with Gasteiger partial charge in [0.25, 0.3) is 0 Å². The third kappa shape index (κ3) is 3.94. The Hall–Kier alpha value is 0.0969. The van der Waals surface area contributed by atoms with Crippen molar-refractivity contribution in [2.45, 2.75) is 110 Å². The highest BCUT2D eigenvalue weighted by atomic mass is 28.4. The first-order valence-electron chi connectivity index (χ1n) is 10.6. The minimum atomic E-state index is -1.78. The highest BCUT2D eigenvalue weighted by Crippen LogP contribution is 2.62. The van der Waals surface area contributed by atoms with E-state index in [1.165, 1.54) is 12.8 Å². The minimum Gasteiger partial charge on any atom is -0.417 e. The molecule has 4 heteroatoms. The first-order chi connectivity index (χ1) is 11.5. The molecule has 0 amide bonds. The second kappa shape index (κ2) is 6.86. The van der Waals surface area contributed by atoms with Crippen molar-refractivity contribution < 1.29 is 14.6 Å². The maximum Gasteiger partial charge on any atom is 0.191 e. The topological polar surface area (TPSA) is 49.7 Å². The minimum absolute atomic E-state index is 0.0281. The normalized spacial score (nSPS) is 41.0. The molecular formula is C22H44O3Si. The Bertz CT molecular complexity index is 506. The van der Waals surface area contributed by atoms with Gasteiger partial charge in [-0.2, -0.15) is 0 Å². The van der Waals surface area contributed by atoms with E-state index in [1.807, 2.05) is 6.92 Å². The third-order valence-corrected chi connectivity index (χ3v) is 12.9. The van der Waals surface area contributed by atoms with Gasteiger partial charge in [0.15, 0.2) is 8.32 Å². The Balaban J connectivity index is 2.22. The van der Waals surface area contributed by atoms with Crippen molar-refractivity contribution >= 4 is 8.32 Å². The monoisotopic (exact) mass is 384 g/mol. The third-order valence-electron chi connectivity index (χ3n) is 8.32. The second-order valence-electron chi connectivity index (χ2n) is 11.9. The Labute approximate surface area is 163 Å². The summed E-state index contributed by atoms with van der Waals surface area (Å²) in [5, 5.41) is 22.4. The van der Waals surface area contributed by atoms with E-state index < -0.39 is 20.0 Å². The maximum atomic E-state index is 11.3. The molecule has 0 saturated heterocycles. The number of aliphatic hydroxyl groups excluding tert-OH is 1. The van der Waals surface area contributed by atoms with Gasteiger partial charge in [-0.15, -0.1) is 0 Å². The molecule has 3 nitrogen and oxygen atoms in total. The molecule has 0 spiro atoms. The smallest absolute Gasteiger partial charge is 0.191 e. The van der Waals surface area contributed by atoms with Crippen LogP contribution in [0.25, 0.3) is 0 Å². The fourth-order valence-corrected chi connectivity index (χ4v) is 7.22. The highest BCUT2D eigenvalue weighted by molar-refractivity contribution is 6.74. The number of fused-ring (bicyclic) bond motifs is 1. The SMILES string of the molecule is CC1(C)CCC[C@]2(C)[C@@H](CCO[Si](C)(C)C(C)(C)C)[C@](C)(O)C[C@H](O)[C@@H]12. The van der Waals surface area contributed by atoms with E-state index in [2.05, 4.69) is 54.6 Å².